The van der Waals surface area contributed by atoms with Crippen LogP contribution in [0.5, 0.6) is 0 Å². The maximum absolute atomic E-state index is 12.2. The van der Waals surface area contributed by atoms with Crippen LogP contribution in [-0.2, 0) is 9.63 Å². The van der Waals surface area contributed by atoms with E-state index in [4.69, 9.17) is 10.6 Å². The molecule has 1 aromatic carbocycles. The van der Waals surface area contributed by atoms with Crippen molar-refractivity contribution in [2.45, 2.75) is 32.7 Å². The quantitative estimate of drug-likeness (QED) is 0.818. The van der Waals surface area contributed by atoms with Gasteiger partial charge in [0.2, 0.25) is 5.91 Å². The summed E-state index contributed by atoms with van der Waals surface area (Å²) in [6.07, 6.45) is 2.13. The SMILES string of the molecule is Cc1cc(N)ccc1NC(=O)C(C)N1CCCCO1. The number of amides is 1. The molecule has 0 saturated carbocycles. The van der Waals surface area contributed by atoms with E-state index in [2.05, 4.69) is 5.32 Å². The van der Waals surface area contributed by atoms with Gasteiger partial charge >= 0.3 is 0 Å². The Morgan fingerprint density at radius 1 is 1.47 bits per heavy atom. The van der Waals surface area contributed by atoms with Gasteiger partial charge in [-0.2, -0.15) is 5.06 Å². The zero-order chi connectivity index (χ0) is 13.8. The molecule has 0 aromatic heterocycles. The fourth-order valence-corrected chi connectivity index (χ4v) is 2.12. The largest absolute Gasteiger partial charge is 0.399 e. The third-order valence-electron chi connectivity index (χ3n) is 3.35. The minimum atomic E-state index is -0.294. The van der Waals surface area contributed by atoms with Crippen molar-refractivity contribution in [3.8, 4) is 0 Å². The zero-order valence-corrected chi connectivity index (χ0v) is 11.5. The number of hydroxylamine groups is 2. The van der Waals surface area contributed by atoms with Crippen LogP contribution in [0.15, 0.2) is 18.2 Å². The maximum Gasteiger partial charge on any atom is 0.243 e. The predicted molar refractivity (Wildman–Crippen MR) is 75.6 cm³/mol. The first-order valence-corrected chi connectivity index (χ1v) is 6.64. The van der Waals surface area contributed by atoms with Crippen molar-refractivity contribution in [3.05, 3.63) is 23.8 Å². The fraction of sp³-hybridized carbons (Fsp3) is 0.500. The van der Waals surface area contributed by atoms with E-state index >= 15 is 0 Å². The molecule has 3 N–H and O–H groups in total. The molecule has 1 aromatic rings. The molecule has 1 saturated heterocycles. The van der Waals surface area contributed by atoms with Gasteiger partial charge in [-0.25, -0.2) is 0 Å². The van der Waals surface area contributed by atoms with E-state index < -0.39 is 0 Å². The van der Waals surface area contributed by atoms with Crippen LogP contribution in [0, 0.1) is 6.92 Å². The van der Waals surface area contributed by atoms with E-state index in [0.29, 0.717) is 12.3 Å². The van der Waals surface area contributed by atoms with Crippen LogP contribution < -0.4 is 11.1 Å². The first-order valence-electron chi connectivity index (χ1n) is 6.64. The lowest BCUT2D eigenvalue weighted by Crippen LogP contribution is -2.44. The highest BCUT2D eigenvalue weighted by Crippen LogP contribution is 2.19. The summed E-state index contributed by atoms with van der Waals surface area (Å²) in [7, 11) is 0. The van der Waals surface area contributed by atoms with Crippen LogP contribution in [-0.4, -0.2) is 30.2 Å². The molecule has 104 valence electrons. The van der Waals surface area contributed by atoms with Gasteiger partial charge in [-0.05, 0) is 50.5 Å². The number of carbonyl (C=O) groups excluding carboxylic acids is 1. The van der Waals surface area contributed by atoms with Crippen molar-refractivity contribution in [1.29, 1.82) is 0 Å². The number of nitrogen functional groups attached to an aromatic ring is 1. The summed E-state index contributed by atoms with van der Waals surface area (Å²) in [5.41, 5.74) is 8.14. The number of nitrogens with two attached hydrogens (primary N) is 1. The van der Waals surface area contributed by atoms with Gasteiger partial charge in [0.15, 0.2) is 0 Å². The third kappa shape index (κ3) is 3.45. The molecule has 5 heteroatoms. The van der Waals surface area contributed by atoms with Crippen molar-refractivity contribution in [2.24, 2.45) is 0 Å². The highest BCUT2D eigenvalue weighted by Gasteiger charge is 2.24. The number of anilines is 2. The minimum Gasteiger partial charge on any atom is -0.399 e. The van der Waals surface area contributed by atoms with Gasteiger partial charge in [-0.1, -0.05) is 0 Å². The Bertz CT molecular complexity index is 456. The highest BCUT2D eigenvalue weighted by molar-refractivity contribution is 5.95. The molecule has 1 amide bonds. The monoisotopic (exact) mass is 263 g/mol. The molecule has 1 heterocycles. The number of benzene rings is 1. The van der Waals surface area contributed by atoms with Crippen molar-refractivity contribution >= 4 is 17.3 Å². The molecule has 1 atom stereocenters. The van der Waals surface area contributed by atoms with Crippen LogP contribution in [0.1, 0.15) is 25.3 Å². The van der Waals surface area contributed by atoms with Crippen LogP contribution in [0.2, 0.25) is 0 Å². The Hall–Kier alpha value is -1.59. The first kappa shape index (κ1) is 13.8. The molecule has 19 heavy (non-hydrogen) atoms. The Morgan fingerprint density at radius 3 is 2.89 bits per heavy atom. The molecule has 0 bridgehead atoms. The Morgan fingerprint density at radius 2 is 2.26 bits per heavy atom. The van der Waals surface area contributed by atoms with Gasteiger partial charge in [0.1, 0.15) is 6.04 Å². The Labute approximate surface area is 113 Å². The van der Waals surface area contributed by atoms with Gasteiger partial charge in [-0.15, -0.1) is 0 Å². The molecule has 2 rings (SSSR count). The topological polar surface area (TPSA) is 67.6 Å². The second kappa shape index (κ2) is 6.04. The standard InChI is InChI=1S/C14H21N3O2/c1-10-9-12(15)5-6-13(10)16-14(18)11(2)17-7-3-4-8-19-17/h5-6,9,11H,3-4,7-8,15H2,1-2H3,(H,16,18). The van der Waals surface area contributed by atoms with Crippen LogP contribution in [0.25, 0.3) is 0 Å². The molecule has 0 aliphatic carbocycles. The molecule has 0 spiro atoms. The Kier molecular flexibility index (Phi) is 4.39. The van der Waals surface area contributed by atoms with Gasteiger partial charge in [0.25, 0.3) is 0 Å². The van der Waals surface area contributed by atoms with Crippen LogP contribution >= 0.6 is 0 Å². The first-order chi connectivity index (χ1) is 9.08. The van der Waals surface area contributed by atoms with Crippen molar-refractivity contribution in [1.82, 2.24) is 5.06 Å². The number of nitrogens with zero attached hydrogens (tertiary/aromatic N) is 1. The highest BCUT2D eigenvalue weighted by atomic mass is 16.7. The lowest BCUT2D eigenvalue weighted by Gasteiger charge is -2.30. The Balaban J connectivity index is 1.99. The summed E-state index contributed by atoms with van der Waals surface area (Å²) in [4.78, 5) is 17.7. The van der Waals surface area contributed by atoms with E-state index in [1.54, 1.807) is 11.1 Å². The molecule has 1 fully saturated rings. The third-order valence-corrected chi connectivity index (χ3v) is 3.35. The summed E-state index contributed by atoms with van der Waals surface area (Å²) < 4.78 is 0. The fourth-order valence-electron chi connectivity index (χ4n) is 2.12. The normalized spacial score (nSPS) is 18.0. The van der Waals surface area contributed by atoms with Gasteiger partial charge < -0.3 is 11.1 Å². The minimum absolute atomic E-state index is 0.0604. The number of hydrogen-bond donors (Lipinski definition) is 2. The average Bonchev–Trinajstić information content (AvgIpc) is 2.42. The zero-order valence-electron chi connectivity index (χ0n) is 11.5. The number of aryl methyl sites for hydroxylation is 1. The van der Waals surface area contributed by atoms with E-state index in [1.165, 1.54) is 0 Å². The van der Waals surface area contributed by atoms with Crippen molar-refractivity contribution < 1.29 is 9.63 Å². The van der Waals surface area contributed by atoms with Crippen LogP contribution in [0.4, 0.5) is 11.4 Å². The van der Waals surface area contributed by atoms with E-state index in [0.717, 1.165) is 30.6 Å². The predicted octanol–water partition coefficient (Wildman–Crippen LogP) is 1.93. The van der Waals surface area contributed by atoms with Gasteiger partial charge in [0.05, 0.1) is 6.61 Å². The van der Waals surface area contributed by atoms with E-state index in [-0.39, 0.29) is 11.9 Å². The lowest BCUT2D eigenvalue weighted by molar-refractivity contribution is -0.202. The summed E-state index contributed by atoms with van der Waals surface area (Å²) in [5, 5.41) is 4.67. The van der Waals surface area contributed by atoms with E-state index in [1.807, 2.05) is 26.0 Å². The summed E-state index contributed by atoms with van der Waals surface area (Å²) in [6.45, 7) is 5.27. The molecule has 1 unspecified atom stereocenters. The smallest absolute Gasteiger partial charge is 0.243 e. The average molecular weight is 263 g/mol. The molecule has 0 radical (unpaired) electrons. The molecule has 1 aliphatic rings. The number of carbonyl (C=O) groups is 1. The maximum atomic E-state index is 12.2. The summed E-state index contributed by atoms with van der Waals surface area (Å²) in [5.74, 6) is -0.0604. The van der Waals surface area contributed by atoms with Gasteiger partial charge in [-0.3, -0.25) is 9.63 Å². The number of nitrogens with one attached hydrogen (secondary N) is 1. The van der Waals surface area contributed by atoms with Crippen molar-refractivity contribution in [2.75, 3.05) is 24.2 Å². The second-order valence-electron chi connectivity index (χ2n) is 4.92. The lowest BCUT2D eigenvalue weighted by atomic mass is 10.1. The molecular weight excluding hydrogens is 242 g/mol. The summed E-state index contributed by atoms with van der Waals surface area (Å²) >= 11 is 0. The summed E-state index contributed by atoms with van der Waals surface area (Å²) in [6, 6.07) is 5.16. The number of hydrogen-bond acceptors (Lipinski definition) is 4. The molecular formula is C14H21N3O2. The van der Waals surface area contributed by atoms with Gasteiger partial charge in [0, 0.05) is 17.9 Å². The molecule has 5 nitrogen and oxygen atoms in total. The van der Waals surface area contributed by atoms with Crippen molar-refractivity contribution in [3.63, 3.8) is 0 Å². The number of rotatable bonds is 3. The second-order valence-corrected chi connectivity index (χ2v) is 4.92. The molecule has 1 aliphatic heterocycles. The van der Waals surface area contributed by atoms with Crippen LogP contribution in [0.3, 0.4) is 0 Å². The van der Waals surface area contributed by atoms with E-state index in [9.17, 15) is 4.79 Å².